The molecule has 0 radical (unpaired) electrons. The van der Waals surface area contributed by atoms with Crippen LogP contribution in [-0.2, 0) is 52.1 Å². The van der Waals surface area contributed by atoms with Gasteiger partial charge in [0.05, 0.1) is 36.1 Å². The highest BCUT2D eigenvalue weighted by Crippen LogP contribution is 2.61. The number of esters is 2. The van der Waals surface area contributed by atoms with Crippen LogP contribution in [0.2, 0.25) is 0 Å². The van der Waals surface area contributed by atoms with Gasteiger partial charge in [-0.2, -0.15) is 0 Å². The fourth-order valence-corrected chi connectivity index (χ4v) is 14.1. The van der Waals surface area contributed by atoms with Crippen LogP contribution in [0.4, 0.5) is 10.5 Å². The smallest absolute Gasteiger partial charge is 0.411 e. The van der Waals surface area contributed by atoms with Gasteiger partial charge in [-0.05, 0) is 130 Å². The number of unbranched alkanes of at least 4 members (excludes halogenated alkanes) is 3. The first-order valence-corrected chi connectivity index (χ1v) is 27.3. The topological polar surface area (TPSA) is 191 Å². The summed E-state index contributed by atoms with van der Waals surface area (Å²) in [5.41, 5.74) is 6.47. The van der Waals surface area contributed by atoms with Gasteiger partial charge in [0, 0.05) is 105 Å². The van der Waals surface area contributed by atoms with Gasteiger partial charge in [-0.15, -0.1) is 0 Å². The number of fused-ring (bicyclic) bond motifs is 9. The van der Waals surface area contributed by atoms with E-state index in [1.54, 1.807) is 35.6 Å². The molecule has 1 N–H and O–H groups in total. The standard InChI is InChI=1S/C60H68N6O10/c1-6-59(49-32-52-55-40(27-39-29-43(73-5)16-18-51(39)62-55)33-66(52)56(70)47(49)34-74-57(59)71)76-58(72)65-25-23-64(24-26-65)22-10-8-7-9-21-63(4)41-13-11-37(12-14-41)46-31-48-45(19-20-60(48,35(2)67)75-36(3)68)54-50(61)30-38-28-42(69)15-17-44(38)53(46)54/h11-14,16,18,27-29,32,45-46,48,54,61H,6-10,15,17,19-26,30-31,33-34H2,1-5H3/t45-,46-,48?,54?,59+,60+/m1/s1. The van der Waals surface area contributed by atoms with Gasteiger partial charge in [0.15, 0.2) is 17.2 Å². The number of Topliss-reactive ketones (excluding diaryl/α,β-unsaturated/α-hetero) is 1. The molecular formula is C60H68N6O10. The molecule has 6 atom stereocenters. The molecule has 0 spiro atoms. The van der Waals surface area contributed by atoms with E-state index in [2.05, 4.69) is 41.1 Å². The summed E-state index contributed by atoms with van der Waals surface area (Å²) in [6.07, 6.45) is 8.82. The van der Waals surface area contributed by atoms with Crippen molar-refractivity contribution in [1.29, 1.82) is 5.41 Å². The van der Waals surface area contributed by atoms with E-state index < -0.39 is 29.2 Å². The Morgan fingerprint density at radius 1 is 0.934 bits per heavy atom. The number of carbonyl (C=O) groups excluding carboxylic acids is 5. The van der Waals surface area contributed by atoms with Crippen molar-refractivity contribution < 1.29 is 42.9 Å². The molecule has 2 saturated carbocycles. The van der Waals surface area contributed by atoms with Crippen LogP contribution in [0.1, 0.15) is 120 Å². The normalized spacial score (nSPS) is 25.6. The molecule has 3 aliphatic heterocycles. The molecule has 76 heavy (non-hydrogen) atoms. The number of benzene rings is 2. The highest BCUT2D eigenvalue weighted by atomic mass is 16.6. The van der Waals surface area contributed by atoms with E-state index in [4.69, 9.17) is 23.9 Å². The number of cyclic esters (lactones) is 1. The number of aromatic nitrogens is 2. The molecule has 1 amide bonds. The first-order valence-electron chi connectivity index (χ1n) is 27.3. The number of ether oxygens (including phenoxy) is 4. The van der Waals surface area contributed by atoms with E-state index in [0.29, 0.717) is 105 Å². The van der Waals surface area contributed by atoms with Gasteiger partial charge in [-0.1, -0.05) is 37.5 Å². The maximum absolute atomic E-state index is 14.1. The molecule has 4 aliphatic carbocycles. The van der Waals surface area contributed by atoms with E-state index >= 15 is 0 Å². The Morgan fingerprint density at radius 3 is 2.45 bits per heavy atom. The van der Waals surface area contributed by atoms with Crippen LogP contribution >= 0.6 is 0 Å². The SMILES string of the molecule is CC[C@@]1(OC(=O)N2CCN(CCCCCCN(C)c3ccc([C@H]4CC5[C@@H](CC[C@]5(OC(C)=O)C(C)=O)C5C(=N)CC6=CC(=O)CCC6=C54)cc3)CC2)C(=O)OCc2c1cc1n(c2=O)Cc2cc3cc(OC)ccc3nc2-1. The number of pyridine rings is 2. The summed E-state index contributed by atoms with van der Waals surface area (Å²) < 4.78 is 24.8. The molecule has 2 aromatic heterocycles. The second-order valence-corrected chi connectivity index (χ2v) is 22.1. The van der Waals surface area contributed by atoms with Crippen LogP contribution in [0.3, 0.4) is 0 Å². The third-order valence-corrected chi connectivity index (χ3v) is 18.0. The summed E-state index contributed by atoms with van der Waals surface area (Å²) in [6, 6.07) is 18.1. The Bertz CT molecular complexity index is 3210. The molecule has 2 unspecified atom stereocenters. The van der Waals surface area contributed by atoms with Gasteiger partial charge in [-0.3, -0.25) is 24.1 Å². The molecule has 0 bridgehead atoms. The number of nitrogens with zero attached hydrogens (tertiary/aromatic N) is 5. The van der Waals surface area contributed by atoms with E-state index in [9.17, 15) is 34.2 Å². The number of allylic oxidation sites excluding steroid dienone is 4. The maximum atomic E-state index is 14.1. The minimum absolute atomic E-state index is 0.0233. The predicted octanol–water partition coefficient (Wildman–Crippen LogP) is 8.58. The fraction of sp³-hybridized carbons (Fsp3) is 0.500. The number of ketones is 2. The molecule has 398 valence electrons. The maximum Gasteiger partial charge on any atom is 0.411 e. The third kappa shape index (κ3) is 8.83. The molecule has 2 aromatic carbocycles. The van der Waals surface area contributed by atoms with Crippen molar-refractivity contribution in [2.24, 2.45) is 17.8 Å². The van der Waals surface area contributed by atoms with Crippen molar-refractivity contribution in [1.82, 2.24) is 19.4 Å². The lowest BCUT2D eigenvalue weighted by molar-refractivity contribution is -0.173. The predicted molar refractivity (Wildman–Crippen MR) is 285 cm³/mol. The van der Waals surface area contributed by atoms with Gasteiger partial charge < -0.3 is 38.7 Å². The van der Waals surface area contributed by atoms with Crippen LogP contribution in [0.15, 0.2) is 82.2 Å². The minimum Gasteiger partial charge on any atom is -0.497 e. The Balaban J connectivity index is 0.678. The van der Waals surface area contributed by atoms with Gasteiger partial charge >= 0.3 is 18.0 Å². The molecule has 5 heterocycles. The molecule has 1 saturated heterocycles. The second-order valence-electron chi connectivity index (χ2n) is 22.1. The number of hydrogen-bond acceptors (Lipinski definition) is 14. The van der Waals surface area contributed by atoms with Crippen LogP contribution in [0, 0.1) is 23.2 Å². The molecule has 4 aromatic rings. The molecular weight excluding hydrogens is 965 g/mol. The Hall–Kier alpha value is -6.94. The summed E-state index contributed by atoms with van der Waals surface area (Å²) in [6.45, 7) is 8.85. The highest BCUT2D eigenvalue weighted by molar-refractivity contribution is 5.99. The van der Waals surface area contributed by atoms with E-state index in [0.717, 1.165) is 72.1 Å². The van der Waals surface area contributed by atoms with Crippen molar-refractivity contribution in [2.45, 2.75) is 122 Å². The summed E-state index contributed by atoms with van der Waals surface area (Å²) >= 11 is 0. The molecule has 3 fully saturated rings. The van der Waals surface area contributed by atoms with Crippen LogP contribution in [-0.4, -0.2) is 114 Å². The van der Waals surface area contributed by atoms with E-state index in [1.165, 1.54) is 25.0 Å². The zero-order valence-corrected chi connectivity index (χ0v) is 44.3. The largest absolute Gasteiger partial charge is 0.497 e. The lowest BCUT2D eigenvalue weighted by Crippen LogP contribution is -2.53. The van der Waals surface area contributed by atoms with Crippen molar-refractivity contribution in [3.8, 4) is 17.1 Å². The van der Waals surface area contributed by atoms with Gasteiger partial charge in [0.2, 0.25) is 5.60 Å². The zero-order chi connectivity index (χ0) is 53.2. The number of carbonyl (C=O) groups is 5. The Labute approximate surface area is 442 Å². The van der Waals surface area contributed by atoms with Crippen molar-refractivity contribution in [3.63, 3.8) is 0 Å². The van der Waals surface area contributed by atoms with Gasteiger partial charge in [-0.25, -0.2) is 14.6 Å². The average Bonchev–Trinajstić information content (AvgIpc) is 3.98. The lowest BCUT2D eigenvalue weighted by Gasteiger charge is -2.49. The van der Waals surface area contributed by atoms with Gasteiger partial charge in [0.25, 0.3) is 5.56 Å². The van der Waals surface area contributed by atoms with Crippen LogP contribution < -0.4 is 15.2 Å². The average molecular weight is 1030 g/mol. The summed E-state index contributed by atoms with van der Waals surface area (Å²) in [5.74, 6) is -0.841. The molecule has 16 nitrogen and oxygen atoms in total. The lowest BCUT2D eigenvalue weighted by atomic mass is 9.56. The molecule has 16 heteroatoms. The zero-order valence-electron chi connectivity index (χ0n) is 44.3. The first-order chi connectivity index (χ1) is 36.6. The number of piperazine rings is 1. The number of methoxy groups -OCH3 is 1. The van der Waals surface area contributed by atoms with Crippen LogP contribution in [0.25, 0.3) is 22.3 Å². The Kier molecular flexibility index (Phi) is 13.6. The number of anilines is 1. The second kappa shape index (κ2) is 20.2. The number of nitrogens with one attached hydrogen (secondary N) is 1. The number of hydrogen-bond donors (Lipinski definition) is 1. The first kappa shape index (κ1) is 51.2. The quantitative estimate of drug-likeness (QED) is 0.0633. The van der Waals surface area contributed by atoms with E-state index in [1.807, 2.05) is 24.3 Å². The van der Waals surface area contributed by atoms with Crippen LogP contribution in [0.5, 0.6) is 5.75 Å². The minimum atomic E-state index is -1.78. The van der Waals surface area contributed by atoms with Crippen molar-refractivity contribution in [2.75, 3.05) is 58.3 Å². The van der Waals surface area contributed by atoms with Crippen molar-refractivity contribution >= 4 is 51.9 Å². The fourth-order valence-electron chi connectivity index (χ4n) is 14.1. The summed E-state index contributed by atoms with van der Waals surface area (Å²) in [4.78, 5) is 91.4. The summed E-state index contributed by atoms with van der Waals surface area (Å²) in [7, 11) is 3.73. The highest BCUT2D eigenvalue weighted by Gasteiger charge is 2.61. The third-order valence-electron chi connectivity index (χ3n) is 18.0. The number of rotatable bonds is 14. The Morgan fingerprint density at radius 2 is 1.71 bits per heavy atom. The molecule has 11 rings (SSSR count). The summed E-state index contributed by atoms with van der Waals surface area (Å²) in [5, 5.41) is 10.2. The van der Waals surface area contributed by atoms with E-state index in [-0.39, 0.29) is 53.8 Å². The number of amides is 1. The van der Waals surface area contributed by atoms with Gasteiger partial charge in [0.1, 0.15) is 12.4 Å². The van der Waals surface area contributed by atoms with Crippen molar-refractivity contribution in [3.05, 3.63) is 110 Å². The molecule has 7 aliphatic rings. The monoisotopic (exact) mass is 1030 g/mol.